The summed E-state index contributed by atoms with van der Waals surface area (Å²) >= 11 is 0. The van der Waals surface area contributed by atoms with Crippen molar-refractivity contribution in [3.8, 4) is 39.6 Å². The van der Waals surface area contributed by atoms with E-state index in [1.165, 1.54) is 54.4 Å². The molecule has 0 amide bonds. The fraction of sp³-hybridized carbons (Fsp3) is 0.302. The minimum absolute atomic E-state index is 0.189. The minimum Gasteiger partial charge on any atom is -0.454 e. The van der Waals surface area contributed by atoms with Gasteiger partial charge in [0.2, 0.25) is 5.69 Å². The van der Waals surface area contributed by atoms with Gasteiger partial charge in [-0.1, -0.05) is 101 Å². The Morgan fingerprint density at radius 2 is 1.37 bits per heavy atom. The third-order valence-corrected chi connectivity index (χ3v) is 9.84. The number of nitriles is 1. The van der Waals surface area contributed by atoms with Gasteiger partial charge in [0.25, 0.3) is 0 Å². The van der Waals surface area contributed by atoms with Crippen molar-refractivity contribution in [3.63, 3.8) is 0 Å². The Kier molecular flexibility index (Phi) is 7.77. The summed E-state index contributed by atoms with van der Waals surface area (Å²) in [6.07, 6.45) is 9.84. The summed E-state index contributed by atoms with van der Waals surface area (Å²) in [6, 6.07) is 33.1. The Labute approximate surface area is 273 Å². The Morgan fingerprint density at radius 1 is 0.761 bits per heavy atom. The van der Waals surface area contributed by atoms with Gasteiger partial charge in [0, 0.05) is 28.5 Å². The summed E-state index contributed by atoms with van der Waals surface area (Å²) < 4.78 is 9.05. The van der Waals surface area contributed by atoms with Crippen molar-refractivity contribution >= 4 is 21.9 Å². The summed E-state index contributed by atoms with van der Waals surface area (Å²) in [5.41, 5.74) is 12.8. The minimum atomic E-state index is 0.189. The maximum atomic E-state index is 10.2. The zero-order valence-corrected chi connectivity index (χ0v) is 27.8. The molecule has 4 aromatic carbocycles. The number of nitrogens with zero attached hydrogens (tertiary/aromatic N) is 2. The molecule has 46 heavy (non-hydrogen) atoms. The Hall–Kier alpha value is -4.68. The van der Waals surface area contributed by atoms with E-state index in [-0.39, 0.29) is 5.41 Å². The van der Waals surface area contributed by atoms with Crippen molar-refractivity contribution in [2.75, 3.05) is 0 Å². The van der Waals surface area contributed by atoms with Crippen LogP contribution in [0, 0.1) is 23.7 Å². The average molecular weight is 604 g/mol. The van der Waals surface area contributed by atoms with E-state index in [1.54, 1.807) is 0 Å². The van der Waals surface area contributed by atoms with Gasteiger partial charge in [-0.15, -0.1) is 0 Å². The fourth-order valence-electron chi connectivity index (χ4n) is 7.50. The molecule has 1 saturated carbocycles. The van der Waals surface area contributed by atoms with E-state index >= 15 is 0 Å². The van der Waals surface area contributed by atoms with Crippen molar-refractivity contribution in [3.05, 3.63) is 113 Å². The first kappa shape index (κ1) is 30.0. The van der Waals surface area contributed by atoms with Crippen LogP contribution >= 0.6 is 0 Å². The van der Waals surface area contributed by atoms with Gasteiger partial charge < -0.3 is 4.42 Å². The molecule has 3 nitrogen and oxygen atoms in total. The maximum absolute atomic E-state index is 10.2. The molecule has 1 aliphatic carbocycles. The van der Waals surface area contributed by atoms with Gasteiger partial charge in [-0.3, -0.25) is 0 Å². The first-order chi connectivity index (χ1) is 22.2. The Balaban J connectivity index is 1.31. The smallest absolute Gasteiger partial charge is 0.216 e. The molecule has 2 heterocycles. The molecule has 7 rings (SSSR count). The van der Waals surface area contributed by atoms with Crippen molar-refractivity contribution in [2.24, 2.45) is 12.5 Å². The summed E-state index contributed by atoms with van der Waals surface area (Å²) in [6.45, 7) is 8.99. The van der Waals surface area contributed by atoms with Crippen LogP contribution in [0.4, 0.5) is 0 Å². The second kappa shape index (κ2) is 11.9. The molecule has 1 fully saturated rings. The molecule has 0 radical (unpaired) electrons. The van der Waals surface area contributed by atoms with Gasteiger partial charge in [-0.25, -0.2) is 4.57 Å². The molecule has 230 valence electrons. The van der Waals surface area contributed by atoms with Crippen LogP contribution in [0.3, 0.4) is 0 Å². The number of pyridine rings is 1. The molecule has 0 saturated heterocycles. The second-order valence-electron chi connectivity index (χ2n) is 14.5. The highest BCUT2D eigenvalue weighted by Gasteiger charge is 2.24. The maximum Gasteiger partial charge on any atom is 0.216 e. The zero-order valence-electron chi connectivity index (χ0n) is 27.8. The normalized spacial score (nSPS) is 14.2. The van der Waals surface area contributed by atoms with E-state index in [2.05, 4.69) is 124 Å². The molecular weight excluding hydrogens is 560 g/mol. The van der Waals surface area contributed by atoms with Gasteiger partial charge in [0.1, 0.15) is 18.2 Å². The highest BCUT2D eigenvalue weighted by atomic mass is 16.3. The fourth-order valence-corrected chi connectivity index (χ4v) is 7.50. The van der Waals surface area contributed by atoms with E-state index in [0.29, 0.717) is 11.5 Å². The number of rotatable bonds is 5. The van der Waals surface area contributed by atoms with Crippen LogP contribution in [0.2, 0.25) is 0 Å². The first-order valence-electron chi connectivity index (χ1n) is 16.8. The number of benzene rings is 4. The van der Waals surface area contributed by atoms with Crippen molar-refractivity contribution in [1.29, 1.82) is 5.26 Å². The molecule has 2 aromatic heterocycles. The summed E-state index contributed by atoms with van der Waals surface area (Å²) in [5.74, 6) is 0.707. The van der Waals surface area contributed by atoms with Gasteiger partial charge in [-0.2, -0.15) is 5.26 Å². The third kappa shape index (κ3) is 5.62. The number of aryl methyl sites for hydroxylation is 2. The summed E-state index contributed by atoms with van der Waals surface area (Å²) in [7, 11) is 2.10. The largest absolute Gasteiger partial charge is 0.454 e. The van der Waals surface area contributed by atoms with Crippen LogP contribution < -0.4 is 4.57 Å². The number of furan rings is 1. The first-order valence-corrected chi connectivity index (χ1v) is 16.8. The van der Waals surface area contributed by atoms with Crippen LogP contribution in [0.25, 0.3) is 55.4 Å². The molecule has 0 spiro atoms. The number of hydrogen-bond donors (Lipinski definition) is 0. The molecule has 0 aliphatic heterocycles. The lowest BCUT2D eigenvalue weighted by Crippen LogP contribution is -2.31. The number of fused-ring (bicyclic) bond motifs is 3. The molecule has 6 aromatic rings. The van der Waals surface area contributed by atoms with Crippen LogP contribution in [0.5, 0.6) is 0 Å². The highest BCUT2D eigenvalue weighted by molar-refractivity contribution is 6.14. The van der Waals surface area contributed by atoms with Gasteiger partial charge >= 0.3 is 0 Å². The monoisotopic (exact) mass is 603 g/mol. The topological polar surface area (TPSA) is 40.8 Å². The standard InChI is InChI=1S/C43H43N2O/c1-28-11-21-36-37-22-20-35(27-44)40(42(37)46-41(36)39(28)38-25-29(23-24-45(38)5)26-43(2,3)4)34-18-16-33(17-19-34)32-14-12-31(13-15-32)30-9-7-6-8-10-30/h11-25,30H,6-10,26H2,1-5H3/q+1. The van der Waals surface area contributed by atoms with Crippen molar-refractivity contribution in [2.45, 2.75) is 72.1 Å². The molecule has 0 bridgehead atoms. The second-order valence-corrected chi connectivity index (χ2v) is 14.5. The third-order valence-electron chi connectivity index (χ3n) is 9.84. The lowest BCUT2D eigenvalue weighted by atomic mass is 9.83. The Morgan fingerprint density at radius 3 is 2.02 bits per heavy atom. The number of hydrogen-bond acceptors (Lipinski definition) is 2. The van der Waals surface area contributed by atoms with E-state index in [1.807, 2.05) is 12.1 Å². The zero-order chi connectivity index (χ0) is 32.0. The average Bonchev–Trinajstić information content (AvgIpc) is 3.44. The molecule has 0 atom stereocenters. The summed E-state index contributed by atoms with van der Waals surface area (Å²) in [5, 5.41) is 12.3. The lowest BCUT2D eigenvalue weighted by Gasteiger charge is -2.22. The predicted octanol–water partition coefficient (Wildman–Crippen LogP) is 11.2. The van der Waals surface area contributed by atoms with E-state index < -0.39 is 0 Å². The van der Waals surface area contributed by atoms with Crippen LogP contribution in [0.15, 0.2) is 95.5 Å². The number of aromatic nitrogens is 1. The molecule has 3 heteroatoms. The van der Waals surface area contributed by atoms with Gasteiger partial charge in [-0.05, 0) is 83.0 Å². The van der Waals surface area contributed by atoms with Crippen LogP contribution in [-0.4, -0.2) is 0 Å². The highest BCUT2D eigenvalue weighted by Crippen LogP contribution is 2.42. The molecule has 0 unspecified atom stereocenters. The van der Waals surface area contributed by atoms with Gasteiger partial charge in [0.15, 0.2) is 6.20 Å². The Bertz CT molecular complexity index is 2100. The van der Waals surface area contributed by atoms with Crippen molar-refractivity contribution in [1.82, 2.24) is 0 Å². The van der Waals surface area contributed by atoms with E-state index in [9.17, 15) is 5.26 Å². The SMILES string of the molecule is Cc1ccc2c(oc3c(-c4ccc(-c5ccc(C6CCCCC6)cc5)cc4)c(C#N)ccc32)c1-c1cc(CC(C)(C)C)cc[n+]1C. The van der Waals surface area contributed by atoms with Gasteiger partial charge in [0.05, 0.1) is 17.2 Å². The molecular formula is C43H43N2O+. The molecule has 0 N–H and O–H groups in total. The van der Waals surface area contributed by atoms with Crippen LogP contribution in [-0.2, 0) is 13.5 Å². The molecule has 1 aliphatic rings. The predicted molar refractivity (Wildman–Crippen MR) is 190 cm³/mol. The summed E-state index contributed by atoms with van der Waals surface area (Å²) in [4.78, 5) is 0. The van der Waals surface area contributed by atoms with E-state index in [4.69, 9.17) is 4.42 Å². The van der Waals surface area contributed by atoms with Crippen molar-refractivity contribution < 1.29 is 8.98 Å². The van der Waals surface area contributed by atoms with E-state index in [0.717, 1.165) is 56.3 Å². The quantitative estimate of drug-likeness (QED) is 0.184. The lowest BCUT2D eigenvalue weighted by molar-refractivity contribution is -0.660. The van der Waals surface area contributed by atoms with Crippen LogP contribution in [0.1, 0.15) is 81.0 Å².